The minimum absolute atomic E-state index is 0.264. The molecule has 1 fully saturated rings. The lowest BCUT2D eigenvalue weighted by molar-refractivity contribution is 0.111. The molecule has 1 aliphatic rings. The highest BCUT2D eigenvalue weighted by Gasteiger charge is 2.30. The number of aromatic nitrogens is 2. The number of aryl methyl sites for hydroxylation is 1. The van der Waals surface area contributed by atoms with E-state index in [2.05, 4.69) is 41.7 Å². The molecule has 0 radical (unpaired) electrons. The van der Waals surface area contributed by atoms with Crippen molar-refractivity contribution in [3.8, 4) is 12.1 Å². The molecule has 1 saturated heterocycles. The Morgan fingerprint density at radius 2 is 2.11 bits per heavy atom. The smallest absolute Gasteiger partial charge is 0.318 e. The van der Waals surface area contributed by atoms with Crippen molar-refractivity contribution < 1.29 is 9.47 Å². The Labute approximate surface area is 163 Å². The van der Waals surface area contributed by atoms with Gasteiger partial charge in [0.15, 0.2) is 0 Å². The minimum atomic E-state index is 0.264. The van der Waals surface area contributed by atoms with Gasteiger partial charge >= 0.3 is 6.01 Å². The predicted octanol–water partition coefficient (Wildman–Crippen LogP) is 2.58. The van der Waals surface area contributed by atoms with Crippen LogP contribution in [0.15, 0.2) is 0 Å². The lowest BCUT2D eigenvalue weighted by Gasteiger charge is -2.25. The molecule has 0 spiro atoms. The van der Waals surface area contributed by atoms with Gasteiger partial charge in [0.2, 0.25) is 0 Å². The number of hydrogen-bond donors (Lipinski definition) is 0. The summed E-state index contributed by atoms with van der Waals surface area (Å²) in [5.74, 6) is 0.940. The monoisotopic (exact) mass is 375 g/mol. The SMILES string of the molecule is CCc1c(C)nc(OC[C@@H]2C[C@@H](OC)CN2C)nc1N(CC)CCCC#N. The summed E-state index contributed by atoms with van der Waals surface area (Å²) >= 11 is 0. The number of hydrogen-bond acceptors (Lipinski definition) is 7. The molecule has 27 heavy (non-hydrogen) atoms. The van der Waals surface area contributed by atoms with Gasteiger partial charge < -0.3 is 14.4 Å². The van der Waals surface area contributed by atoms with Gasteiger partial charge in [0.05, 0.1) is 12.2 Å². The summed E-state index contributed by atoms with van der Waals surface area (Å²) in [6.45, 7) is 9.39. The van der Waals surface area contributed by atoms with Gasteiger partial charge in [-0.2, -0.15) is 10.2 Å². The molecule has 0 amide bonds. The van der Waals surface area contributed by atoms with Crippen molar-refractivity contribution in [1.29, 1.82) is 5.26 Å². The molecule has 7 heteroatoms. The number of unbranched alkanes of at least 4 members (excludes halogenated alkanes) is 1. The standard InChI is InChI=1S/C20H33N5O2/c1-6-18-15(3)22-20(23-19(18)25(7-2)11-9-8-10-21)27-14-16-12-17(26-5)13-24(16)4/h16-17H,6-9,11-14H2,1-5H3/t16-,17+/m0/s1. The maximum Gasteiger partial charge on any atom is 0.318 e. The highest BCUT2D eigenvalue weighted by molar-refractivity contribution is 5.49. The Kier molecular flexibility index (Phi) is 8.26. The fourth-order valence-corrected chi connectivity index (χ4v) is 3.62. The van der Waals surface area contributed by atoms with Gasteiger partial charge in [0.1, 0.15) is 12.4 Å². The van der Waals surface area contributed by atoms with Gasteiger partial charge in [0.25, 0.3) is 0 Å². The molecule has 2 atom stereocenters. The first kappa shape index (κ1) is 21.4. The Morgan fingerprint density at radius 3 is 2.70 bits per heavy atom. The molecule has 1 aliphatic heterocycles. The van der Waals surface area contributed by atoms with Gasteiger partial charge in [-0.15, -0.1) is 0 Å². The number of nitrogens with zero attached hydrogens (tertiary/aromatic N) is 5. The topological polar surface area (TPSA) is 74.5 Å². The number of methoxy groups -OCH3 is 1. The lowest BCUT2D eigenvalue weighted by atomic mass is 10.1. The van der Waals surface area contributed by atoms with Crippen molar-refractivity contribution in [3.05, 3.63) is 11.3 Å². The van der Waals surface area contributed by atoms with Crippen LogP contribution in [0.2, 0.25) is 0 Å². The molecule has 1 aromatic rings. The van der Waals surface area contributed by atoms with E-state index in [9.17, 15) is 0 Å². The number of likely N-dealkylation sites (tertiary alicyclic amines) is 1. The van der Waals surface area contributed by atoms with Crippen LogP contribution in [0.1, 0.15) is 44.4 Å². The number of ether oxygens (including phenoxy) is 2. The Hall–Kier alpha value is -1.91. The third-order valence-electron chi connectivity index (χ3n) is 5.31. The predicted molar refractivity (Wildman–Crippen MR) is 106 cm³/mol. The van der Waals surface area contributed by atoms with Gasteiger partial charge in [-0.3, -0.25) is 4.90 Å². The number of rotatable bonds is 10. The molecule has 2 heterocycles. The summed E-state index contributed by atoms with van der Waals surface area (Å²) in [5, 5.41) is 8.82. The van der Waals surface area contributed by atoms with Crippen LogP contribution in [0, 0.1) is 18.3 Å². The summed E-state index contributed by atoms with van der Waals surface area (Å²) in [4.78, 5) is 13.8. The van der Waals surface area contributed by atoms with Crippen molar-refractivity contribution in [2.24, 2.45) is 0 Å². The van der Waals surface area contributed by atoms with E-state index >= 15 is 0 Å². The highest BCUT2D eigenvalue weighted by Crippen LogP contribution is 2.25. The van der Waals surface area contributed by atoms with E-state index in [0.717, 1.165) is 56.0 Å². The van der Waals surface area contributed by atoms with E-state index in [-0.39, 0.29) is 6.10 Å². The van der Waals surface area contributed by atoms with Gasteiger partial charge in [-0.1, -0.05) is 6.92 Å². The first-order chi connectivity index (χ1) is 13.0. The molecular formula is C20H33N5O2. The Balaban J connectivity index is 2.13. The zero-order valence-electron chi connectivity index (χ0n) is 17.4. The second-order valence-electron chi connectivity index (χ2n) is 7.09. The summed E-state index contributed by atoms with van der Waals surface area (Å²) < 4.78 is 11.5. The maximum absolute atomic E-state index is 8.82. The van der Waals surface area contributed by atoms with Crippen LogP contribution in [-0.2, 0) is 11.2 Å². The Morgan fingerprint density at radius 1 is 1.33 bits per heavy atom. The molecule has 0 unspecified atom stereocenters. The van der Waals surface area contributed by atoms with Crippen LogP contribution in [0.4, 0.5) is 5.82 Å². The first-order valence-electron chi connectivity index (χ1n) is 9.89. The molecule has 0 N–H and O–H groups in total. The van der Waals surface area contributed by atoms with Crippen molar-refractivity contribution in [3.63, 3.8) is 0 Å². The average Bonchev–Trinajstić information content (AvgIpc) is 3.03. The third kappa shape index (κ3) is 5.53. The van der Waals surface area contributed by atoms with Crippen molar-refractivity contribution in [1.82, 2.24) is 14.9 Å². The van der Waals surface area contributed by atoms with Crippen LogP contribution in [0.25, 0.3) is 0 Å². The van der Waals surface area contributed by atoms with E-state index in [4.69, 9.17) is 19.7 Å². The normalized spacial score (nSPS) is 19.9. The molecule has 0 bridgehead atoms. The molecule has 0 saturated carbocycles. The van der Waals surface area contributed by atoms with Crippen LogP contribution in [-0.4, -0.2) is 67.4 Å². The fraction of sp³-hybridized carbons (Fsp3) is 0.750. The number of likely N-dealkylation sites (N-methyl/N-ethyl adjacent to an activating group) is 1. The number of nitriles is 1. The van der Waals surface area contributed by atoms with Crippen LogP contribution in [0.5, 0.6) is 6.01 Å². The molecule has 0 aromatic carbocycles. The minimum Gasteiger partial charge on any atom is -0.462 e. The zero-order valence-corrected chi connectivity index (χ0v) is 17.4. The maximum atomic E-state index is 8.82. The molecule has 7 nitrogen and oxygen atoms in total. The van der Waals surface area contributed by atoms with Gasteiger partial charge in [-0.25, -0.2) is 4.98 Å². The fourth-order valence-electron chi connectivity index (χ4n) is 3.62. The van der Waals surface area contributed by atoms with E-state index < -0.39 is 0 Å². The quantitative estimate of drug-likeness (QED) is 0.582. The van der Waals surface area contributed by atoms with Gasteiger partial charge in [-0.05, 0) is 40.2 Å². The summed E-state index contributed by atoms with van der Waals surface area (Å²) in [6, 6.07) is 2.96. The molecular weight excluding hydrogens is 342 g/mol. The van der Waals surface area contributed by atoms with Gasteiger partial charge in [0, 0.05) is 50.5 Å². The summed E-state index contributed by atoms with van der Waals surface area (Å²) in [7, 11) is 3.86. The average molecular weight is 376 g/mol. The van der Waals surface area contributed by atoms with E-state index in [1.165, 1.54) is 0 Å². The third-order valence-corrected chi connectivity index (χ3v) is 5.31. The highest BCUT2D eigenvalue weighted by atomic mass is 16.5. The van der Waals surface area contributed by atoms with Crippen LogP contribution >= 0.6 is 0 Å². The molecule has 150 valence electrons. The van der Waals surface area contributed by atoms with E-state index in [1.807, 2.05) is 6.92 Å². The van der Waals surface area contributed by atoms with Crippen LogP contribution in [0.3, 0.4) is 0 Å². The first-order valence-corrected chi connectivity index (χ1v) is 9.89. The summed E-state index contributed by atoms with van der Waals surface area (Å²) in [6.07, 6.45) is 3.48. The van der Waals surface area contributed by atoms with E-state index in [1.54, 1.807) is 7.11 Å². The number of anilines is 1. The zero-order chi connectivity index (χ0) is 19.8. The van der Waals surface area contributed by atoms with E-state index in [0.29, 0.717) is 25.1 Å². The van der Waals surface area contributed by atoms with Crippen LogP contribution < -0.4 is 9.64 Å². The van der Waals surface area contributed by atoms with Crippen molar-refractivity contribution >= 4 is 5.82 Å². The summed E-state index contributed by atoms with van der Waals surface area (Å²) in [5.41, 5.74) is 2.12. The molecule has 1 aromatic heterocycles. The molecule has 2 rings (SSSR count). The lowest BCUT2D eigenvalue weighted by Crippen LogP contribution is -2.31. The van der Waals surface area contributed by atoms with Crippen molar-refractivity contribution in [2.45, 2.75) is 58.6 Å². The second kappa shape index (κ2) is 10.4. The molecule has 0 aliphatic carbocycles. The largest absolute Gasteiger partial charge is 0.462 e. The van der Waals surface area contributed by atoms with Crippen molar-refractivity contribution in [2.75, 3.05) is 45.3 Å². The second-order valence-corrected chi connectivity index (χ2v) is 7.09. The Bertz CT molecular complexity index is 646.